The maximum Gasteiger partial charge on any atom is 0.191 e. The Labute approximate surface area is 142 Å². The number of guanidine groups is 1. The molecule has 2 N–H and O–H groups in total. The number of aromatic nitrogens is 1. The number of rotatable bonds is 5. The molecule has 1 heterocycles. The van der Waals surface area contributed by atoms with Gasteiger partial charge in [-0.3, -0.25) is 4.99 Å². The van der Waals surface area contributed by atoms with Crippen molar-refractivity contribution in [2.75, 3.05) is 13.6 Å². The Balaban J connectivity index is 0.00000200. The van der Waals surface area contributed by atoms with E-state index < -0.39 is 0 Å². The summed E-state index contributed by atoms with van der Waals surface area (Å²) in [6.07, 6.45) is 10.6. The molecule has 0 unspecified atom stereocenters. The van der Waals surface area contributed by atoms with Gasteiger partial charge in [-0.05, 0) is 19.3 Å². The van der Waals surface area contributed by atoms with Gasteiger partial charge in [0.2, 0.25) is 0 Å². The molecule has 0 spiro atoms. The van der Waals surface area contributed by atoms with Crippen LogP contribution in [0.1, 0.15) is 29.7 Å². The zero-order chi connectivity index (χ0) is 13.5. The molecule has 6 heteroatoms. The van der Waals surface area contributed by atoms with E-state index in [1.165, 1.54) is 9.88 Å². The summed E-state index contributed by atoms with van der Waals surface area (Å²) in [5.41, 5.74) is 0. The summed E-state index contributed by atoms with van der Waals surface area (Å²) >= 11 is 1.80. The molecule has 1 aliphatic rings. The van der Waals surface area contributed by atoms with Crippen LogP contribution >= 0.6 is 35.3 Å². The van der Waals surface area contributed by atoms with Crippen LogP contribution in [0.15, 0.2) is 23.3 Å². The molecule has 2 rings (SSSR count). The minimum Gasteiger partial charge on any atom is -0.356 e. The van der Waals surface area contributed by atoms with Crippen LogP contribution in [-0.4, -0.2) is 30.6 Å². The van der Waals surface area contributed by atoms with Crippen LogP contribution < -0.4 is 10.6 Å². The van der Waals surface area contributed by atoms with Crippen LogP contribution in [0.4, 0.5) is 0 Å². The summed E-state index contributed by atoms with van der Waals surface area (Å²) in [6.45, 7) is 3.04. The lowest BCUT2D eigenvalue weighted by Gasteiger charge is -2.16. The average molecular weight is 406 g/mol. The molecule has 0 fully saturated rings. The first kappa shape index (κ1) is 17.4. The van der Waals surface area contributed by atoms with Gasteiger partial charge in [-0.1, -0.05) is 19.1 Å². The lowest BCUT2D eigenvalue weighted by atomic mass is 10.2. The van der Waals surface area contributed by atoms with Gasteiger partial charge in [0.05, 0.1) is 5.01 Å². The second kappa shape index (κ2) is 9.33. The Hall–Kier alpha value is -0.630. The largest absolute Gasteiger partial charge is 0.356 e. The van der Waals surface area contributed by atoms with Gasteiger partial charge >= 0.3 is 0 Å². The highest BCUT2D eigenvalue weighted by Crippen LogP contribution is 2.13. The molecule has 0 radical (unpaired) electrons. The highest BCUT2D eigenvalue weighted by molar-refractivity contribution is 14.0. The summed E-state index contributed by atoms with van der Waals surface area (Å²) in [7, 11) is 1.82. The average Bonchev–Trinajstić information content (AvgIpc) is 3.08. The lowest BCUT2D eigenvalue weighted by molar-refractivity contribution is 0.633. The van der Waals surface area contributed by atoms with Crippen molar-refractivity contribution in [3.63, 3.8) is 0 Å². The van der Waals surface area contributed by atoms with Gasteiger partial charge in [-0.2, -0.15) is 0 Å². The molecule has 0 saturated carbocycles. The molecule has 1 aromatic rings. The van der Waals surface area contributed by atoms with E-state index >= 15 is 0 Å². The number of nitrogens with zero attached hydrogens (tertiary/aromatic N) is 2. The topological polar surface area (TPSA) is 49.3 Å². The SMILES string of the molecule is CCc1cnc(CCNC(=NC)NC2CC=CC2)s1.I. The molecule has 1 aromatic heterocycles. The van der Waals surface area contributed by atoms with E-state index in [2.05, 4.69) is 39.7 Å². The van der Waals surface area contributed by atoms with E-state index in [-0.39, 0.29) is 24.0 Å². The molecule has 0 aliphatic heterocycles. The second-order valence-corrected chi connectivity index (χ2v) is 5.81. The van der Waals surface area contributed by atoms with Gasteiger partial charge in [-0.25, -0.2) is 4.98 Å². The van der Waals surface area contributed by atoms with E-state index in [0.29, 0.717) is 6.04 Å². The zero-order valence-electron chi connectivity index (χ0n) is 12.1. The van der Waals surface area contributed by atoms with Crippen molar-refractivity contribution in [1.82, 2.24) is 15.6 Å². The number of aryl methyl sites for hydroxylation is 1. The Morgan fingerprint density at radius 3 is 2.80 bits per heavy atom. The molecule has 1 aliphatic carbocycles. The van der Waals surface area contributed by atoms with Gasteiger partial charge in [0, 0.05) is 37.1 Å². The molecule has 4 nitrogen and oxygen atoms in total. The van der Waals surface area contributed by atoms with Gasteiger partial charge in [0.1, 0.15) is 0 Å². The van der Waals surface area contributed by atoms with Crippen molar-refractivity contribution in [2.45, 2.75) is 38.6 Å². The van der Waals surface area contributed by atoms with Crippen molar-refractivity contribution in [1.29, 1.82) is 0 Å². The molecule has 0 saturated heterocycles. The fourth-order valence-electron chi connectivity index (χ4n) is 2.04. The fourth-order valence-corrected chi connectivity index (χ4v) is 2.90. The molecule has 0 atom stereocenters. The molecule has 0 bridgehead atoms. The minimum atomic E-state index is 0. The quantitative estimate of drug-likeness (QED) is 0.342. The maximum absolute atomic E-state index is 4.42. The number of hydrogen-bond donors (Lipinski definition) is 2. The van der Waals surface area contributed by atoms with Crippen molar-refractivity contribution >= 4 is 41.3 Å². The first-order valence-electron chi connectivity index (χ1n) is 6.87. The number of hydrogen-bond acceptors (Lipinski definition) is 3. The van der Waals surface area contributed by atoms with Crippen molar-refractivity contribution in [3.8, 4) is 0 Å². The summed E-state index contributed by atoms with van der Waals surface area (Å²) < 4.78 is 0. The lowest BCUT2D eigenvalue weighted by Crippen LogP contribution is -2.43. The molecular formula is C14H23IN4S. The molecule has 20 heavy (non-hydrogen) atoms. The Morgan fingerprint density at radius 2 is 2.20 bits per heavy atom. The highest BCUT2D eigenvalue weighted by atomic mass is 127. The van der Waals surface area contributed by atoms with Crippen LogP contribution in [0.25, 0.3) is 0 Å². The minimum absolute atomic E-state index is 0. The van der Waals surface area contributed by atoms with Crippen molar-refractivity contribution in [2.24, 2.45) is 4.99 Å². The maximum atomic E-state index is 4.42. The predicted octanol–water partition coefficient (Wildman–Crippen LogP) is 2.75. The zero-order valence-corrected chi connectivity index (χ0v) is 15.2. The Bertz CT molecular complexity index is 448. The van der Waals surface area contributed by atoms with E-state index in [9.17, 15) is 0 Å². The number of halogens is 1. The van der Waals surface area contributed by atoms with Gasteiger partial charge in [0.15, 0.2) is 5.96 Å². The van der Waals surface area contributed by atoms with Crippen LogP contribution in [0.2, 0.25) is 0 Å². The van der Waals surface area contributed by atoms with Gasteiger partial charge in [0.25, 0.3) is 0 Å². The van der Waals surface area contributed by atoms with Gasteiger partial charge in [-0.15, -0.1) is 35.3 Å². The van der Waals surface area contributed by atoms with Crippen LogP contribution in [0.5, 0.6) is 0 Å². The van der Waals surface area contributed by atoms with Crippen molar-refractivity contribution in [3.05, 3.63) is 28.2 Å². The normalized spacial score (nSPS) is 15.2. The summed E-state index contributed by atoms with van der Waals surface area (Å²) in [4.78, 5) is 10.0. The third-order valence-electron chi connectivity index (χ3n) is 3.15. The smallest absolute Gasteiger partial charge is 0.191 e. The molecule has 112 valence electrons. The Kier molecular flexibility index (Phi) is 8.13. The monoisotopic (exact) mass is 406 g/mol. The van der Waals surface area contributed by atoms with E-state index in [0.717, 1.165) is 38.2 Å². The summed E-state index contributed by atoms with van der Waals surface area (Å²) in [5.74, 6) is 0.890. The predicted molar refractivity (Wildman–Crippen MR) is 97.3 cm³/mol. The number of aliphatic imine (C=N–C) groups is 1. The molecule has 0 amide bonds. The highest BCUT2D eigenvalue weighted by Gasteiger charge is 2.11. The van der Waals surface area contributed by atoms with Crippen LogP contribution in [0.3, 0.4) is 0 Å². The van der Waals surface area contributed by atoms with E-state index in [1.807, 2.05) is 13.2 Å². The van der Waals surface area contributed by atoms with E-state index in [4.69, 9.17) is 0 Å². The summed E-state index contributed by atoms with van der Waals surface area (Å²) in [5, 5.41) is 7.97. The fraction of sp³-hybridized carbons (Fsp3) is 0.571. The summed E-state index contributed by atoms with van der Waals surface area (Å²) in [6, 6.07) is 0.498. The Morgan fingerprint density at radius 1 is 1.45 bits per heavy atom. The van der Waals surface area contributed by atoms with E-state index in [1.54, 1.807) is 11.3 Å². The van der Waals surface area contributed by atoms with Crippen molar-refractivity contribution < 1.29 is 0 Å². The number of thiazole rings is 1. The second-order valence-electron chi connectivity index (χ2n) is 4.61. The first-order chi connectivity index (χ1) is 9.31. The molecular weight excluding hydrogens is 383 g/mol. The van der Waals surface area contributed by atoms with Crippen LogP contribution in [0, 0.1) is 0 Å². The number of nitrogens with one attached hydrogen (secondary N) is 2. The first-order valence-corrected chi connectivity index (χ1v) is 7.69. The third-order valence-corrected chi connectivity index (χ3v) is 4.35. The standard InChI is InChI=1S/C14H22N4S.HI/c1-3-12-10-17-13(19-12)8-9-16-14(15-2)18-11-6-4-5-7-11;/h4-5,10-11H,3,6-9H2,1-2H3,(H2,15,16,18);1H. The van der Waals surface area contributed by atoms with Crippen LogP contribution in [-0.2, 0) is 12.8 Å². The third kappa shape index (κ3) is 5.40. The molecule has 0 aromatic carbocycles. The van der Waals surface area contributed by atoms with Gasteiger partial charge < -0.3 is 10.6 Å².